The first kappa shape index (κ1) is 24.2. The minimum Gasteiger partial charge on any atom is -0.478 e. The van der Waals surface area contributed by atoms with Gasteiger partial charge >= 0.3 is 12.1 Å². The summed E-state index contributed by atoms with van der Waals surface area (Å²) in [6.45, 7) is 9.19. The number of rotatable bonds is 9. The summed E-state index contributed by atoms with van der Waals surface area (Å²) in [5.74, 6) is -1.24. The van der Waals surface area contributed by atoms with Crippen molar-refractivity contribution in [2.45, 2.75) is 65.1 Å². The molecule has 0 unspecified atom stereocenters. The van der Waals surface area contributed by atoms with Crippen LogP contribution in [-0.4, -0.2) is 40.8 Å². The van der Waals surface area contributed by atoms with E-state index in [1.807, 2.05) is 44.2 Å². The van der Waals surface area contributed by atoms with Gasteiger partial charge in [-0.25, -0.2) is 9.59 Å². The van der Waals surface area contributed by atoms with Crippen LogP contribution in [0.1, 0.15) is 46.6 Å². The third-order valence-corrected chi connectivity index (χ3v) is 3.81. The highest BCUT2D eigenvalue weighted by atomic mass is 16.6. The summed E-state index contributed by atoms with van der Waals surface area (Å²) in [5, 5.41) is 14.4. The lowest BCUT2D eigenvalue weighted by atomic mass is 10.0. The number of ether oxygens (including phenoxy) is 1. The van der Waals surface area contributed by atoms with Gasteiger partial charge in [0.15, 0.2) is 0 Å². The van der Waals surface area contributed by atoms with E-state index in [1.165, 1.54) is 6.08 Å². The number of carbonyl (C=O) groups is 3. The molecule has 2 atom stereocenters. The molecule has 0 fully saturated rings. The minimum atomic E-state index is -1.08. The Morgan fingerprint density at radius 3 is 2.24 bits per heavy atom. The second-order valence-electron chi connectivity index (χ2n) is 8.33. The summed E-state index contributed by atoms with van der Waals surface area (Å²) >= 11 is 0. The Morgan fingerprint density at radius 2 is 1.72 bits per heavy atom. The molecule has 7 nitrogen and oxygen atoms in total. The van der Waals surface area contributed by atoms with Gasteiger partial charge in [-0.2, -0.15) is 0 Å². The molecule has 160 valence electrons. The van der Waals surface area contributed by atoms with Gasteiger partial charge in [-0.15, -0.1) is 0 Å². The highest BCUT2D eigenvalue weighted by Gasteiger charge is 2.26. The van der Waals surface area contributed by atoms with E-state index in [0.717, 1.165) is 11.6 Å². The maximum absolute atomic E-state index is 12.9. The monoisotopic (exact) mass is 404 g/mol. The zero-order valence-corrected chi connectivity index (χ0v) is 17.8. The van der Waals surface area contributed by atoms with Crippen LogP contribution in [0.5, 0.6) is 0 Å². The molecule has 1 aromatic carbocycles. The standard InChI is InChI=1S/C22H32N2O5/c1-15(2)13-17(11-12-19(25)26)23-20(27)18(14-16-9-7-6-8-10-16)24-21(28)29-22(3,4)5/h6-12,15,17-18H,13-14H2,1-5H3,(H,23,27)(H,24,28)(H,25,26)/b12-11+/t17-,18+/m1/s1. The normalized spacial score (nSPS) is 13.7. The van der Waals surface area contributed by atoms with Crippen LogP contribution in [-0.2, 0) is 20.7 Å². The third-order valence-electron chi connectivity index (χ3n) is 3.81. The Hall–Kier alpha value is -2.83. The van der Waals surface area contributed by atoms with Gasteiger partial charge in [-0.1, -0.05) is 50.3 Å². The fourth-order valence-electron chi connectivity index (χ4n) is 2.68. The molecule has 3 N–H and O–H groups in total. The predicted octanol–water partition coefficient (Wildman–Crippen LogP) is 3.29. The van der Waals surface area contributed by atoms with Gasteiger partial charge in [0, 0.05) is 18.5 Å². The van der Waals surface area contributed by atoms with Gasteiger partial charge in [0.05, 0.1) is 0 Å². The maximum Gasteiger partial charge on any atom is 0.408 e. The number of hydrogen-bond donors (Lipinski definition) is 3. The Balaban J connectivity index is 2.97. The molecule has 0 aromatic heterocycles. The first-order chi connectivity index (χ1) is 13.5. The second kappa shape index (κ2) is 11.2. The van der Waals surface area contributed by atoms with Crippen LogP contribution in [0.25, 0.3) is 0 Å². The van der Waals surface area contributed by atoms with Crippen LogP contribution < -0.4 is 10.6 Å². The smallest absolute Gasteiger partial charge is 0.408 e. The van der Waals surface area contributed by atoms with E-state index in [2.05, 4.69) is 10.6 Å². The van der Waals surface area contributed by atoms with Crippen molar-refractivity contribution < 1.29 is 24.2 Å². The van der Waals surface area contributed by atoms with E-state index in [-0.39, 0.29) is 12.3 Å². The molecule has 7 heteroatoms. The lowest BCUT2D eigenvalue weighted by Gasteiger charge is -2.25. The molecule has 0 saturated heterocycles. The average Bonchev–Trinajstić information content (AvgIpc) is 2.57. The average molecular weight is 405 g/mol. The zero-order chi connectivity index (χ0) is 22.0. The molecular weight excluding hydrogens is 372 g/mol. The van der Waals surface area contributed by atoms with E-state index in [9.17, 15) is 14.4 Å². The summed E-state index contributed by atoms with van der Waals surface area (Å²) in [7, 11) is 0. The Labute approximate surface area is 172 Å². The molecular formula is C22H32N2O5. The van der Waals surface area contributed by atoms with Crippen molar-refractivity contribution in [1.29, 1.82) is 0 Å². The minimum absolute atomic E-state index is 0.241. The number of carboxylic acid groups (broad SMARTS) is 1. The van der Waals surface area contributed by atoms with Crippen molar-refractivity contribution in [2.24, 2.45) is 5.92 Å². The second-order valence-corrected chi connectivity index (χ2v) is 8.33. The number of carboxylic acids is 1. The first-order valence-electron chi connectivity index (χ1n) is 9.71. The van der Waals surface area contributed by atoms with Crippen molar-refractivity contribution in [3.05, 3.63) is 48.0 Å². The first-order valence-corrected chi connectivity index (χ1v) is 9.71. The summed E-state index contributed by atoms with van der Waals surface area (Å²) < 4.78 is 5.28. The van der Waals surface area contributed by atoms with Crippen LogP contribution in [0, 0.1) is 5.92 Å². The summed E-state index contributed by atoms with van der Waals surface area (Å²) in [5.41, 5.74) is 0.188. The largest absolute Gasteiger partial charge is 0.478 e. The van der Waals surface area contributed by atoms with Crippen LogP contribution in [0.4, 0.5) is 4.79 Å². The molecule has 0 aliphatic rings. The highest BCUT2D eigenvalue weighted by molar-refractivity contribution is 5.86. The number of carbonyl (C=O) groups excluding carboxylic acids is 2. The number of nitrogens with one attached hydrogen (secondary N) is 2. The van der Waals surface area contributed by atoms with Gasteiger partial charge < -0.3 is 20.5 Å². The highest BCUT2D eigenvalue weighted by Crippen LogP contribution is 2.10. The molecule has 0 heterocycles. The number of hydrogen-bond acceptors (Lipinski definition) is 4. The van der Waals surface area contributed by atoms with E-state index in [1.54, 1.807) is 20.8 Å². The summed E-state index contributed by atoms with van der Waals surface area (Å²) in [6.07, 6.45) is 2.63. The Morgan fingerprint density at radius 1 is 1.10 bits per heavy atom. The zero-order valence-electron chi connectivity index (χ0n) is 17.8. The molecule has 0 saturated carbocycles. The van der Waals surface area contributed by atoms with E-state index in [0.29, 0.717) is 6.42 Å². The fourth-order valence-corrected chi connectivity index (χ4v) is 2.68. The number of aliphatic carboxylic acids is 1. The van der Waals surface area contributed by atoms with Crippen molar-refractivity contribution in [1.82, 2.24) is 10.6 Å². The van der Waals surface area contributed by atoms with Crippen LogP contribution in [0.15, 0.2) is 42.5 Å². The van der Waals surface area contributed by atoms with Crippen LogP contribution >= 0.6 is 0 Å². The number of alkyl carbamates (subject to hydrolysis) is 1. The quantitative estimate of drug-likeness (QED) is 0.548. The predicted molar refractivity (Wildman–Crippen MR) is 111 cm³/mol. The summed E-state index contributed by atoms with van der Waals surface area (Å²) in [4.78, 5) is 36.0. The van der Waals surface area contributed by atoms with Gasteiger partial charge in [-0.3, -0.25) is 4.79 Å². The molecule has 1 aromatic rings. The van der Waals surface area contributed by atoms with E-state index < -0.39 is 35.7 Å². The number of amides is 2. The molecule has 0 spiro atoms. The van der Waals surface area contributed by atoms with E-state index in [4.69, 9.17) is 9.84 Å². The molecule has 2 amide bonds. The summed E-state index contributed by atoms with van der Waals surface area (Å²) in [6, 6.07) is 8.00. The van der Waals surface area contributed by atoms with Gasteiger partial charge in [-0.05, 0) is 38.7 Å². The Bertz CT molecular complexity index is 708. The molecule has 0 radical (unpaired) electrons. The molecule has 1 rings (SSSR count). The van der Waals surface area contributed by atoms with Crippen molar-refractivity contribution in [2.75, 3.05) is 0 Å². The molecule has 0 aliphatic heterocycles. The van der Waals surface area contributed by atoms with Crippen molar-refractivity contribution in [3.63, 3.8) is 0 Å². The topological polar surface area (TPSA) is 105 Å². The lowest BCUT2D eigenvalue weighted by Crippen LogP contribution is -2.51. The fraction of sp³-hybridized carbons (Fsp3) is 0.500. The molecule has 0 bridgehead atoms. The van der Waals surface area contributed by atoms with E-state index >= 15 is 0 Å². The molecule has 29 heavy (non-hydrogen) atoms. The maximum atomic E-state index is 12.9. The Kier molecular flexibility index (Phi) is 9.38. The van der Waals surface area contributed by atoms with Crippen molar-refractivity contribution >= 4 is 18.0 Å². The van der Waals surface area contributed by atoms with Crippen molar-refractivity contribution in [3.8, 4) is 0 Å². The van der Waals surface area contributed by atoms with Crippen LogP contribution in [0.3, 0.4) is 0 Å². The van der Waals surface area contributed by atoms with Crippen LogP contribution in [0.2, 0.25) is 0 Å². The lowest BCUT2D eigenvalue weighted by molar-refractivity contribution is -0.131. The van der Waals surface area contributed by atoms with Gasteiger partial charge in [0.25, 0.3) is 0 Å². The third kappa shape index (κ3) is 10.9. The number of benzene rings is 1. The van der Waals surface area contributed by atoms with Gasteiger partial charge in [0.1, 0.15) is 11.6 Å². The SMILES string of the molecule is CC(C)C[C@@H](/C=C/C(=O)O)NC(=O)[C@H](Cc1ccccc1)NC(=O)OC(C)(C)C. The molecule has 0 aliphatic carbocycles. The van der Waals surface area contributed by atoms with Gasteiger partial charge in [0.2, 0.25) is 5.91 Å².